The molecule has 8 heteroatoms. The fourth-order valence-corrected chi connectivity index (χ4v) is 7.45. The number of hydrogen-bond donors (Lipinski definition) is 0. The van der Waals surface area contributed by atoms with Gasteiger partial charge in [-0.2, -0.15) is 0 Å². The van der Waals surface area contributed by atoms with E-state index in [1.54, 1.807) is 26.0 Å². The van der Waals surface area contributed by atoms with Crippen molar-refractivity contribution in [3.05, 3.63) is 109 Å². The molecular formula is C45H52O8. The monoisotopic (exact) mass is 720 g/mol. The van der Waals surface area contributed by atoms with E-state index < -0.39 is 11.9 Å². The molecule has 3 aromatic rings. The molecule has 0 unspecified atom stereocenters. The Hall–Kier alpha value is -4.95. The van der Waals surface area contributed by atoms with E-state index in [0.717, 1.165) is 73.8 Å². The van der Waals surface area contributed by atoms with Gasteiger partial charge in [-0.1, -0.05) is 62.2 Å². The van der Waals surface area contributed by atoms with Crippen molar-refractivity contribution < 1.29 is 38.1 Å². The Morgan fingerprint density at radius 3 is 1.77 bits per heavy atom. The highest BCUT2D eigenvalue weighted by atomic mass is 16.6. The van der Waals surface area contributed by atoms with Crippen LogP contribution in [0.3, 0.4) is 0 Å². The summed E-state index contributed by atoms with van der Waals surface area (Å²) < 4.78 is 27.3. The van der Waals surface area contributed by atoms with Crippen LogP contribution < -0.4 is 9.47 Å². The SMILES string of the molecule is C=C(C)C(=O)OCCOc1ccc(-c2ccc(-c3ccc(OC(=O)C(=C)COC)cc3)cc2)c(C2CCC(C3CCC(OC(=O)C(=C)C)CC3)CC2)c1. The topological polar surface area (TPSA) is 97.4 Å². The lowest BCUT2D eigenvalue weighted by atomic mass is 9.69. The average Bonchev–Trinajstić information content (AvgIpc) is 3.17. The van der Waals surface area contributed by atoms with E-state index >= 15 is 0 Å². The van der Waals surface area contributed by atoms with Gasteiger partial charge in [0.25, 0.3) is 0 Å². The zero-order valence-electron chi connectivity index (χ0n) is 31.3. The van der Waals surface area contributed by atoms with Crippen LogP contribution in [0, 0.1) is 11.8 Å². The van der Waals surface area contributed by atoms with Gasteiger partial charge in [-0.3, -0.25) is 0 Å². The lowest BCUT2D eigenvalue weighted by Gasteiger charge is -2.38. The molecular weight excluding hydrogens is 668 g/mol. The summed E-state index contributed by atoms with van der Waals surface area (Å²) in [5, 5.41) is 0. The third kappa shape index (κ3) is 10.8. The maximum absolute atomic E-state index is 12.2. The molecule has 0 N–H and O–H groups in total. The first-order valence-electron chi connectivity index (χ1n) is 18.6. The van der Waals surface area contributed by atoms with Gasteiger partial charge in [0.2, 0.25) is 0 Å². The predicted octanol–water partition coefficient (Wildman–Crippen LogP) is 9.58. The van der Waals surface area contributed by atoms with Gasteiger partial charge in [-0.05, 0) is 135 Å². The second kappa shape index (κ2) is 18.7. The summed E-state index contributed by atoms with van der Waals surface area (Å²) in [5.74, 6) is 1.70. The first-order valence-corrected chi connectivity index (χ1v) is 18.6. The second-order valence-electron chi connectivity index (χ2n) is 14.4. The molecule has 0 bridgehead atoms. The Kier molecular flexibility index (Phi) is 13.9. The van der Waals surface area contributed by atoms with Crippen molar-refractivity contribution in [2.24, 2.45) is 11.8 Å². The molecule has 0 saturated heterocycles. The number of carbonyl (C=O) groups is 3. The van der Waals surface area contributed by atoms with Gasteiger partial charge in [-0.15, -0.1) is 0 Å². The maximum atomic E-state index is 12.2. The first-order chi connectivity index (χ1) is 25.5. The van der Waals surface area contributed by atoms with Crippen molar-refractivity contribution in [1.29, 1.82) is 0 Å². The molecule has 0 spiro atoms. The Labute approximate surface area is 313 Å². The summed E-state index contributed by atoms with van der Waals surface area (Å²) in [6, 6.07) is 22.2. The van der Waals surface area contributed by atoms with Crippen molar-refractivity contribution in [1.82, 2.24) is 0 Å². The van der Waals surface area contributed by atoms with E-state index in [1.807, 2.05) is 18.2 Å². The summed E-state index contributed by atoms with van der Waals surface area (Å²) in [6.07, 6.45) is 8.56. The van der Waals surface area contributed by atoms with Crippen molar-refractivity contribution in [3.8, 4) is 33.8 Å². The molecule has 2 saturated carbocycles. The van der Waals surface area contributed by atoms with Gasteiger partial charge in [0.1, 0.15) is 30.8 Å². The molecule has 2 aliphatic rings. The zero-order chi connectivity index (χ0) is 37.9. The van der Waals surface area contributed by atoms with Crippen LogP contribution in [0.5, 0.6) is 11.5 Å². The van der Waals surface area contributed by atoms with E-state index in [1.165, 1.54) is 18.2 Å². The standard InChI is InChI=1S/C45H52O8/c1-29(2)43(46)51-26-25-50-40-23-24-41(36-11-7-32(8-12-36)35-17-21-39(22-18-35)53-45(48)31(5)28-49-6)42(27-40)37-13-9-33(10-14-37)34-15-19-38(20-16-34)52-44(47)30(3)4/h7-8,11-12,17-18,21-24,27,33-34,37-38H,1,3,5,9-10,13-16,19-20,25-26,28H2,2,4,6H3. The highest BCUT2D eigenvalue weighted by Gasteiger charge is 2.33. The van der Waals surface area contributed by atoms with Crippen molar-refractivity contribution >= 4 is 17.9 Å². The lowest BCUT2D eigenvalue weighted by Crippen LogP contribution is -2.29. The molecule has 53 heavy (non-hydrogen) atoms. The van der Waals surface area contributed by atoms with Crippen LogP contribution in [0.15, 0.2) is 103 Å². The van der Waals surface area contributed by atoms with Crippen LogP contribution in [0.4, 0.5) is 0 Å². The molecule has 0 heterocycles. The number of carbonyl (C=O) groups excluding carboxylic acids is 3. The molecule has 2 aliphatic carbocycles. The van der Waals surface area contributed by atoms with Gasteiger partial charge in [0.05, 0.1) is 12.2 Å². The smallest absolute Gasteiger partial charge is 0.341 e. The minimum absolute atomic E-state index is 0.00366. The summed E-state index contributed by atoms with van der Waals surface area (Å²) in [6.45, 7) is 14.9. The van der Waals surface area contributed by atoms with E-state index in [-0.39, 0.29) is 37.5 Å². The van der Waals surface area contributed by atoms with Crippen molar-refractivity contribution in [2.75, 3.05) is 26.9 Å². The minimum atomic E-state index is -0.512. The average molecular weight is 721 g/mol. The van der Waals surface area contributed by atoms with Crippen LogP contribution in [-0.2, 0) is 28.6 Å². The van der Waals surface area contributed by atoms with Gasteiger partial charge < -0.3 is 23.7 Å². The highest BCUT2D eigenvalue weighted by Crippen LogP contribution is 2.46. The summed E-state index contributed by atoms with van der Waals surface area (Å²) in [4.78, 5) is 36.1. The van der Waals surface area contributed by atoms with Gasteiger partial charge in [0.15, 0.2) is 0 Å². The molecule has 0 atom stereocenters. The number of rotatable bonds is 15. The Morgan fingerprint density at radius 1 is 0.642 bits per heavy atom. The Morgan fingerprint density at radius 2 is 1.19 bits per heavy atom. The first kappa shape index (κ1) is 39.3. The lowest BCUT2D eigenvalue weighted by molar-refractivity contribution is -0.146. The Bertz CT molecular complexity index is 1770. The number of benzene rings is 3. The maximum Gasteiger partial charge on any atom is 0.341 e. The van der Waals surface area contributed by atoms with E-state index in [2.05, 4.69) is 56.1 Å². The fourth-order valence-electron chi connectivity index (χ4n) is 7.45. The third-order valence-electron chi connectivity index (χ3n) is 10.4. The Balaban J connectivity index is 1.27. The molecule has 0 aromatic heterocycles. The molecule has 8 nitrogen and oxygen atoms in total. The fraction of sp³-hybridized carbons (Fsp3) is 0.400. The van der Waals surface area contributed by atoms with Gasteiger partial charge in [0, 0.05) is 18.3 Å². The van der Waals surface area contributed by atoms with Crippen molar-refractivity contribution in [2.45, 2.75) is 77.2 Å². The van der Waals surface area contributed by atoms with Crippen LogP contribution in [0.2, 0.25) is 0 Å². The molecule has 0 radical (unpaired) electrons. The van der Waals surface area contributed by atoms with Crippen LogP contribution in [0.1, 0.15) is 76.7 Å². The van der Waals surface area contributed by atoms with E-state index in [9.17, 15) is 14.4 Å². The predicted molar refractivity (Wildman–Crippen MR) is 207 cm³/mol. The summed E-state index contributed by atoms with van der Waals surface area (Å²) in [7, 11) is 1.51. The van der Waals surface area contributed by atoms with Gasteiger partial charge in [-0.25, -0.2) is 14.4 Å². The third-order valence-corrected chi connectivity index (χ3v) is 10.4. The molecule has 0 amide bonds. The molecule has 5 rings (SSSR count). The number of ether oxygens (including phenoxy) is 5. The quantitative estimate of drug-likeness (QED) is 0.0663. The van der Waals surface area contributed by atoms with E-state index in [0.29, 0.717) is 34.6 Å². The molecule has 0 aliphatic heterocycles. The van der Waals surface area contributed by atoms with Gasteiger partial charge >= 0.3 is 17.9 Å². The normalized spacial score (nSPS) is 19.8. The summed E-state index contributed by atoms with van der Waals surface area (Å²) in [5.41, 5.74) is 6.70. The molecule has 2 fully saturated rings. The number of methoxy groups -OCH3 is 1. The number of esters is 3. The van der Waals surface area contributed by atoms with Crippen LogP contribution in [0.25, 0.3) is 22.3 Å². The molecule has 3 aromatic carbocycles. The number of hydrogen-bond acceptors (Lipinski definition) is 8. The van der Waals surface area contributed by atoms with Crippen LogP contribution >= 0.6 is 0 Å². The molecule has 280 valence electrons. The van der Waals surface area contributed by atoms with Crippen molar-refractivity contribution in [3.63, 3.8) is 0 Å². The van der Waals surface area contributed by atoms with E-state index in [4.69, 9.17) is 23.7 Å². The minimum Gasteiger partial charge on any atom is -0.490 e. The second-order valence-corrected chi connectivity index (χ2v) is 14.4. The van der Waals surface area contributed by atoms with Crippen LogP contribution in [-0.4, -0.2) is 50.9 Å². The largest absolute Gasteiger partial charge is 0.490 e. The summed E-state index contributed by atoms with van der Waals surface area (Å²) >= 11 is 0. The highest BCUT2D eigenvalue weighted by molar-refractivity contribution is 5.90. The zero-order valence-corrected chi connectivity index (χ0v) is 31.3.